The number of nitrogen functional groups attached to an aromatic ring is 1. The highest BCUT2D eigenvalue weighted by Crippen LogP contribution is 2.25. The molecule has 7 N–H and O–H groups in total. The number of carbonyl (C=O) groups excluding carboxylic acids is 1. The number of nitrogens with one attached hydrogen (secondary N) is 3. The van der Waals surface area contributed by atoms with E-state index in [1.54, 1.807) is 38.0 Å². The molecule has 3 aromatic rings. The van der Waals surface area contributed by atoms with Crippen molar-refractivity contribution in [2.45, 2.75) is 37.7 Å². The summed E-state index contributed by atoms with van der Waals surface area (Å²) in [5, 5.41) is 15.0. The summed E-state index contributed by atoms with van der Waals surface area (Å²) >= 11 is 0. The number of rotatable bonds is 7. The summed E-state index contributed by atoms with van der Waals surface area (Å²) < 4.78 is 6.55. The fourth-order valence-corrected chi connectivity index (χ4v) is 3.97. The molecule has 1 fully saturated rings. The number of imidazole rings is 1. The molecule has 2 heterocycles. The number of anilines is 4. The minimum absolute atomic E-state index is 0.114. The van der Waals surface area contributed by atoms with E-state index >= 15 is 0 Å². The zero-order chi connectivity index (χ0) is 25.5. The maximum Gasteiger partial charge on any atom is 0.271 e. The number of nitrogens with two attached hydrogens (primary N) is 2. The topological polar surface area (TPSA) is 148 Å². The monoisotopic (exact) mass is 479 g/mol. The van der Waals surface area contributed by atoms with Crippen LogP contribution in [0.3, 0.4) is 0 Å². The summed E-state index contributed by atoms with van der Waals surface area (Å²) in [6.45, 7) is 0. The van der Waals surface area contributed by atoms with Gasteiger partial charge in [0.05, 0.1) is 23.3 Å². The molecule has 0 bridgehead atoms. The number of hydrazine groups is 1. The van der Waals surface area contributed by atoms with Crippen LogP contribution in [0.5, 0.6) is 0 Å². The van der Waals surface area contributed by atoms with E-state index in [9.17, 15) is 4.79 Å². The molecule has 1 saturated carbocycles. The fourth-order valence-electron chi connectivity index (χ4n) is 3.97. The highest BCUT2D eigenvalue weighted by molar-refractivity contribution is 6.11. The first-order chi connectivity index (χ1) is 16.8. The predicted molar refractivity (Wildman–Crippen MR) is 141 cm³/mol. The second-order valence-corrected chi connectivity index (χ2v) is 8.36. The van der Waals surface area contributed by atoms with Crippen LogP contribution in [-0.2, 0) is 4.74 Å². The van der Waals surface area contributed by atoms with E-state index in [4.69, 9.17) is 24.2 Å². The Morgan fingerprint density at radius 2 is 1.97 bits per heavy atom. The smallest absolute Gasteiger partial charge is 0.271 e. The Morgan fingerprint density at radius 3 is 2.54 bits per heavy atom. The van der Waals surface area contributed by atoms with Crippen molar-refractivity contribution in [3.05, 3.63) is 41.7 Å². The van der Waals surface area contributed by atoms with Crippen LogP contribution in [0.15, 0.2) is 30.5 Å². The zero-order valence-electron chi connectivity index (χ0n) is 20.7. The summed E-state index contributed by atoms with van der Waals surface area (Å²) in [5.74, 6) is 6.13. The minimum Gasteiger partial charge on any atom is -0.397 e. The molecule has 2 radical (unpaired) electrons. The van der Waals surface area contributed by atoms with Gasteiger partial charge in [0.15, 0.2) is 11.3 Å². The van der Waals surface area contributed by atoms with Gasteiger partial charge in [-0.3, -0.25) is 4.79 Å². The van der Waals surface area contributed by atoms with Crippen molar-refractivity contribution in [3.8, 4) is 0 Å². The zero-order valence-corrected chi connectivity index (χ0v) is 20.7. The average molecular weight is 479 g/mol. The largest absolute Gasteiger partial charge is 0.397 e. The number of hydrogen-bond donors (Lipinski definition) is 5. The van der Waals surface area contributed by atoms with Crippen molar-refractivity contribution < 1.29 is 9.53 Å². The number of amides is 1. The Kier molecular flexibility index (Phi) is 8.77. The molecule has 4 rings (SSSR count). The van der Waals surface area contributed by atoms with Crippen molar-refractivity contribution in [1.82, 2.24) is 19.9 Å². The number of aromatic nitrogens is 3. The first kappa shape index (κ1) is 26.1. The van der Waals surface area contributed by atoms with Crippen molar-refractivity contribution >= 4 is 42.3 Å². The Hall–Kier alpha value is -3.51. The lowest BCUT2D eigenvalue weighted by Crippen LogP contribution is -2.33. The van der Waals surface area contributed by atoms with E-state index in [0.717, 1.165) is 29.8 Å². The lowest BCUT2D eigenvalue weighted by Gasteiger charge is -2.17. The fraction of sp³-hybridized carbons (Fsp3) is 0.435. The number of fused-ring (bicyclic) bond motifs is 1. The molecule has 0 aliphatic heterocycles. The highest BCUT2D eigenvalue weighted by Gasteiger charge is 2.21. The average Bonchev–Trinajstić information content (AvgIpc) is 3.52. The van der Waals surface area contributed by atoms with Gasteiger partial charge in [0.25, 0.3) is 5.91 Å². The van der Waals surface area contributed by atoms with Gasteiger partial charge in [-0.25, -0.2) is 15.3 Å². The highest BCUT2D eigenvalue weighted by atomic mass is 16.5. The molecule has 2 aromatic heterocycles. The molecule has 1 aliphatic rings. The summed E-state index contributed by atoms with van der Waals surface area (Å²) in [7, 11) is 12.6. The Bertz CT molecular complexity index is 1150. The normalized spacial score (nSPS) is 14.2. The van der Waals surface area contributed by atoms with Crippen molar-refractivity contribution in [3.63, 3.8) is 0 Å². The third kappa shape index (κ3) is 6.14. The summed E-state index contributed by atoms with van der Waals surface area (Å²) in [6, 6.07) is 7.09. The molecule has 1 aliphatic carbocycles. The molecule has 1 amide bonds. The van der Waals surface area contributed by atoms with E-state index in [0.29, 0.717) is 22.8 Å². The quantitative estimate of drug-likeness (QED) is 0.148. The first-order valence-electron chi connectivity index (χ1n) is 11.5. The van der Waals surface area contributed by atoms with Gasteiger partial charge in [0.1, 0.15) is 13.7 Å². The van der Waals surface area contributed by atoms with Crippen molar-refractivity contribution in [2.24, 2.45) is 5.84 Å². The number of ether oxygens (including phenoxy) is 1. The summed E-state index contributed by atoms with van der Waals surface area (Å²) in [6.07, 6.45) is 6.06. The van der Waals surface area contributed by atoms with Gasteiger partial charge in [-0.15, -0.1) is 5.10 Å². The van der Waals surface area contributed by atoms with E-state index < -0.39 is 6.00 Å². The maximum atomic E-state index is 12.4. The third-order valence-corrected chi connectivity index (χ3v) is 5.93. The SMILES string of the molecule is CNc1cc(NC)c2ncc(C(=O)NC3CCCC3)n2n1.[B]C(OC)c1ccc(N(C)N)c(N)c1. The molecular weight excluding hydrogens is 445 g/mol. The molecule has 1 atom stereocenters. The van der Waals surface area contributed by atoms with Crippen LogP contribution in [0, 0.1) is 0 Å². The van der Waals surface area contributed by atoms with Crippen molar-refractivity contribution in [2.75, 3.05) is 49.6 Å². The standard InChI is InChI=1S/C14H20N6O.C9H14BN3O/c1-15-10-7-12(16-2)19-20-11(8-17-13(10)20)14(21)18-9-5-3-4-6-9;1-13(12)8-4-3-6(5-7(8)11)9(10)14-2/h7-9,15H,3-6H2,1-2H3,(H,16,19)(H,18,21);3-5,9H,11-12H2,1-2H3. The number of nitrogens with zero attached hydrogens (tertiary/aromatic N) is 4. The van der Waals surface area contributed by atoms with Gasteiger partial charge < -0.3 is 31.4 Å². The Balaban J connectivity index is 0.000000214. The number of hydrogen-bond acceptors (Lipinski definition) is 9. The lowest BCUT2D eigenvalue weighted by molar-refractivity contribution is 0.0931. The number of methoxy groups -OCH3 is 1. The van der Waals surface area contributed by atoms with Gasteiger partial charge in [-0.2, -0.15) is 0 Å². The molecule has 35 heavy (non-hydrogen) atoms. The molecule has 11 nitrogen and oxygen atoms in total. The van der Waals surface area contributed by atoms with Gasteiger partial charge in [0, 0.05) is 46.4 Å². The molecule has 12 heteroatoms. The van der Waals surface area contributed by atoms with Gasteiger partial charge in [-0.1, -0.05) is 18.9 Å². The van der Waals surface area contributed by atoms with Crippen LogP contribution < -0.4 is 32.5 Å². The van der Waals surface area contributed by atoms with Crippen LogP contribution in [0.4, 0.5) is 22.9 Å². The van der Waals surface area contributed by atoms with Crippen LogP contribution in [0.25, 0.3) is 5.65 Å². The van der Waals surface area contributed by atoms with E-state index in [1.165, 1.54) is 17.9 Å². The van der Waals surface area contributed by atoms with Gasteiger partial charge in [-0.05, 0) is 30.5 Å². The molecule has 0 saturated heterocycles. The Morgan fingerprint density at radius 1 is 1.26 bits per heavy atom. The second-order valence-electron chi connectivity index (χ2n) is 8.36. The summed E-state index contributed by atoms with van der Waals surface area (Å²) in [4.78, 5) is 16.7. The molecular formula is C23H34BN9O2. The molecule has 1 unspecified atom stereocenters. The molecule has 0 spiro atoms. The molecule has 1 aromatic carbocycles. The van der Waals surface area contributed by atoms with Crippen LogP contribution in [-0.4, -0.2) is 62.6 Å². The maximum absolute atomic E-state index is 12.4. The van der Waals surface area contributed by atoms with E-state index in [2.05, 4.69) is 26.0 Å². The second kappa shape index (κ2) is 11.8. The van der Waals surface area contributed by atoms with Crippen LogP contribution in [0.1, 0.15) is 47.7 Å². The molecule has 186 valence electrons. The number of carbonyl (C=O) groups is 1. The third-order valence-electron chi connectivity index (χ3n) is 5.93. The predicted octanol–water partition coefficient (Wildman–Crippen LogP) is 1.88. The van der Waals surface area contributed by atoms with Crippen molar-refractivity contribution in [1.29, 1.82) is 0 Å². The number of benzene rings is 1. The van der Waals surface area contributed by atoms with Crippen LogP contribution >= 0.6 is 0 Å². The summed E-state index contributed by atoms with van der Waals surface area (Å²) in [5.41, 5.74) is 9.89. The van der Waals surface area contributed by atoms with E-state index in [1.807, 2.05) is 25.2 Å². The minimum atomic E-state index is -0.450. The van der Waals surface area contributed by atoms with Crippen LogP contribution in [0.2, 0.25) is 0 Å². The van der Waals surface area contributed by atoms with Gasteiger partial charge >= 0.3 is 0 Å². The van der Waals surface area contributed by atoms with Gasteiger partial charge in [0.2, 0.25) is 0 Å². The van der Waals surface area contributed by atoms with E-state index in [-0.39, 0.29) is 11.9 Å². The first-order valence-corrected chi connectivity index (χ1v) is 11.5. The lowest BCUT2D eigenvalue weighted by atomic mass is 9.91. The Labute approximate surface area is 207 Å².